The minimum absolute atomic E-state index is 0.136. The Hall–Kier alpha value is -2.85. The molecule has 1 aromatic rings. The number of alkyl carbamates (subject to hydrolysis) is 1. The lowest BCUT2D eigenvalue weighted by Crippen LogP contribution is -2.59. The number of benzene rings is 1. The molecule has 33 heavy (non-hydrogen) atoms. The Morgan fingerprint density at radius 1 is 1.18 bits per heavy atom. The first-order valence-electron chi connectivity index (χ1n) is 11.0. The van der Waals surface area contributed by atoms with E-state index in [9.17, 15) is 14.4 Å². The molecule has 2 aliphatic rings. The Kier molecular flexibility index (Phi) is 7.80. The standard InChI is InChI=1S/C23H33N3O7/c1-23(2,3)33-21(28)24-18(14-30-4)17-11-16-12-25(19(17)20(27)31-5)22(29)26(16)32-13-15-9-7-6-8-10-15/h6-10,16-19H,11-14H2,1-5H3,(H,24,28)/t16-,17?,18?,19?/m1/s1. The topological polar surface area (TPSA) is 107 Å². The van der Waals surface area contributed by atoms with E-state index in [0.717, 1.165) is 5.56 Å². The number of hydrogen-bond acceptors (Lipinski definition) is 7. The zero-order chi connectivity index (χ0) is 24.2. The number of amides is 3. The van der Waals surface area contributed by atoms with E-state index in [2.05, 4.69) is 5.32 Å². The van der Waals surface area contributed by atoms with Crippen LogP contribution in [0.5, 0.6) is 0 Å². The Morgan fingerprint density at radius 3 is 2.48 bits per heavy atom. The maximum Gasteiger partial charge on any atom is 0.407 e. The molecule has 182 valence electrons. The van der Waals surface area contributed by atoms with Gasteiger partial charge in [-0.05, 0) is 32.8 Å². The highest BCUT2D eigenvalue weighted by molar-refractivity contribution is 5.86. The summed E-state index contributed by atoms with van der Waals surface area (Å²) in [5.74, 6) is -1.01. The summed E-state index contributed by atoms with van der Waals surface area (Å²) in [6.45, 7) is 5.99. The van der Waals surface area contributed by atoms with E-state index in [-0.39, 0.29) is 19.3 Å². The molecule has 0 radical (unpaired) electrons. The van der Waals surface area contributed by atoms with E-state index in [4.69, 9.17) is 19.0 Å². The Morgan fingerprint density at radius 2 is 1.88 bits per heavy atom. The van der Waals surface area contributed by atoms with Gasteiger partial charge >= 0.3 is 18.1 Å². The number of rotatable bonds is 8. The molecule has 3 amide bonds. The van der Waals surface area contributed by atoms with Crippen LogP contribution in [0.3, 0.4) is 0 Å². The second-order valence-electron chi connectivity index (χ2n) is 9.25. The number of ether oxygens (including phenoxy) is 3. The highest BCUT2D eigenvalue weighted by Crippen LogP contribution is 2.36. The summed E-state index contributed by atoms with van der Waals surface area (Å²) in [7, 11) is 2.79. The third kappa shape index (κ3) is 5.94. The van der Waals surface area contributed by atoms with E-state index in [0.29, 0.717) is 13.0 Å². The lowest BCUT2D eigenvalue weighted by atomic mass is 9.82. The summed E-state index contributed by atoms with van der Waals surface area (Å²) in [5.41, 5.74) is 0.239. The van der Waals surface area contributed by atoms with Crippen molar-refractivity contribution in [1.29, 1.82) is 0 Å². The number of methoxy groups -OCH3 is 2. The first-order valence-corrected chi connectivity index (χ1v) is 11.0. The molecule has 1 aromatic carbocycles. The molecule has 2 aliphatic heterocycles. The van der Waals surface area contributed by atoms with Crippen molar-refractivity contribution in [3.05, 3.63) is 35.9 Å². The summed E-state index contributed by atoms with van der Waals surface area (Å²) in [6.07, 6.45) is -0.203. The quantitative estimate of drug-likeness (QED) is 0.590. The molecule has 2 bridgehead atoms. The molecule has 3 unspecified atom stereocenters. The summed E-state index contributed by atoms with van der Waals surface area (Å²) < 4.78 is 15.7. The van der Waals surface area contributed by atoms with Gasteiger partial charge in [0, 0.05) is 19.6 Å². The Bertz CT molecular complexity index is 842. The molecule has 0 spiro atoms. The van der Waals surface area contributed by atoms with Crippen molar-refractivity contribution in [2.24, 2.45) is 5.92 Å². The van der Waals surface area contributed by atoms with Gasteiger partial charge in [-0.15, -0.1) is 0 Å². The molecule has 0 saturated carbocycles. The predicted octanol–water partition coefficient (Wildman–Crippen LogP) is 2.33. The number of esters is 1. The summed E-state index contributed by atoms with van der Waals surface area (Å²) in [4.78, 5) is 45.7. The lowest BCUT2D eigenvalue weighted by molar-refractivity contribution is -0.151. The highest BCUT2D eigenvalue weighted by Gasteiger charge is 2.55. The van der Waals surface area contributed by atoms with Crippen LogP contribution in [0.25, 0.3) is 0 Å². The molecule has 4 atom stereocenters. The van der Waals surface area contributed by atoms with Crippen molar-refractivity contribution in [2.45, 2.75) is 57.5 Å². The molecule has 2 heterocycles. The van der Waals surface area contributed by atoms with Crippen LogP contribution in [0.4, 0.5) is 9.59 Å². The van der Waals surface area contributed by atoms with Crippen molar-refractivity contribution in [2.75, 3.05) is 27.4 Å². The SMILES string of the molecule is COCC(NC(=O)OC(C)(C)C)C1C[C@@H]2CN(C(=O)N2OCc2ccccc2)C1C(=O)OC. The van der Waals surface area contributed by atoms with E-state index in [1.54, 1.807) is 20.8 Å². The molecule has 10 nitrogen and oxygen atoms in total. The van der Waals surface area contributed by atoms with Crippen LogP contribution in [0, 0.1) is 5.92 Å². The average molecular weight is 464 g/mol. The van der Waals surface area contributed by atoms with Gasteiger partial charge in [-0.1, -0.05) is 30.3 Å². The molecular formula is C23H33N3O7. The zero-order valence-corrected chi connectivity index (χ0v) is 19.8. The van der Waals surface area contributed by atoms with Crippen molar-refractivity contribution in [3.8, 4) is 0 Å². The number of hydroxylamine groups is 2. The van der Waals surface area contributed by atoms with Crippen LogP contribution < -0.4 is 5.32 Å². The normalized spacial score (nSPS) is 23.3. The molecule has 3 rings (SSSR count). The monoisotopic (exact) mass is 463 g/mol. The van der Waals surface area contributed by atoms with Gasteiger partial charge in [0.15, 0.2) is 0 Å². The van der Waals surface area contributed by atoms with Crippen molar-refractivity contribution in [3.63, 3.8) is 0 Å². The van der Waals surface area contributed by atoms with E-state index >= 15 is 0 Å². The second kappa shape index (κ2) is 10.4. The van der Waals surface area contributed by atoms with Gasteiger partial charge < -0.3 is 24.4 Å². The fourth-order valence-corrected chi connectivity index (χ4v) is 4.34. The molecule has 2 fully saturated rings. The fourth-order valence-electron chi connectivity index (χ4n) is 4.34. The van der Waals surface area contributed by atoms with Crippen LogP contribution in [-0.4, -0.2) is 79.2 Å². The number of carbonyl (C=O) groups is 3. The van der Waals surface area contributed by atoms with Gasteiger partial charge in [0.2, 0.25) is 0 Å². The number of nitrogens with zero attached hydrogens (tertiary/aromatic N) is 2. The number of nitrogens with one attached hydrogen (secondary N) is 1. The first kappa shape index (κ1) is 24.8. The number of hydrogen-bond donors (Lipinski definition) is 1. The van der Waals surface area contributed by atoms with Gasteiger partial charge in [-0.3, -0.25) is 4.84 Å². The van der Waals surface area contributed by atoms with Gasteiger partial charge in [-0.2, -0.15) is 5.06 Å². The van der Waals surface area contributed by atoms with Gasteiger partial charge in [0.05, 0.1) is 25.8 Å². The maximum absolute atomic E-state index is 13.2. The number of urea groups is 1. The molecule has 10 heteroatoms. The third-order valence-corrected chi connectivity index (χ3v) is 5.68. The zero-order valence-electron chi connectivity index (χ0n) is 19.8. The lowest BCUT2D eigenvalue weighted by Gasteiger charge is -2.39. The fraction of sp³-hybridized carbons (Fsp3) is 0.609. The van der Waals surface area contributed by atoms with Crippen LogP contribution in [0.1, 0.15) is 32.8 Å². The third-order valence-electron chi connectivity index (χ3n) is 5.68. The summed E-state index contributed by atoms with van der Waals surface area (Å²) >= 11 is 0. The molecular weight excluding hydrogens is 430 g/mol. The van der Waals surface area contributed by atoms with Crippen LogP contribution >= 0.6 is 0 Å². The molecule has 0 aromatic heterocycles. The molecule has 2 saturated heterocycles. The van der Waals surface area contributed by atoms with Crippen LogP contribution in [-0.2, 0) is 30.4 Å². The number of carbonyl (C=O) groups excluding carboxylic acids is 3. The molecule has 0 aliphatic carbocycles. The van der Waals surface area contributed by atoms with Crippen LogP contribution in [0.15, 0.2) is 30.3 Å². The minimum atomic E-state index is -0.890. The first-order chi connectivity index (χ1) is 15.6. The van der Waals surface area contributed by atoms with Crippen molar-refractivity contribution >= 4 is 18.1 Å². The van der Waals surface area contributed by atoms with Gasteiger partial charge in [0.1, 0.15) is 18.2 Å². The molecule has 1 N–H and O–H groups in total. The van der Waals surface area contributed by atoms with E-state index < -0.39 is 41.7 Å². The number of piperidine rings is 1. The Labute approximate surface area is 194 Å². The van der Waals surface area contributed by atoms with Gasteiger partial charge in [-0.25, -0.2) is 14.4 Å². The summed E-state index contributed by atoms with van der Waals surface area (Å²) in [5, 5.41) is 4.15. The predicted molar refractivity (Wildman–Crippen MR) is 118 cm³/mol. The summed E-state index contributed by atoms with van der Waals surface area (Å²) in [6, 6.07) is 7.36. The van der Waals surface area contributed by atoms with E-state index in [1.165, 1.54) is 24.2 Å². The average Bonchev–Trinajstić information content (AvgIpc) is 3.00. The van der Waals surface area contributed by atoms with Crippen molar-refractivity contribution < 1.29 is 33.4 Å². The minimum Gasteiger partial charge on any atom is -0.467 e. The largest absolute Gasteiger partial charge is 0.467 e. The number of fused-ring (bicyclic) bond motifs is 2. The van der Waals surface area contributed by atoms with Gasteiger partial charge in [0.25, 0.3) is 0 Å². The smallest absolute Gasteiger partial charge is 0.407 e. The van der Waals surface area contributed by atoms with Crippen molar-refractivity contribution in [1.82, 2.24) is 15.3 Å². The van der Waals surface area contributed by atoms with E-state index in [1.807, 2.05) is 30.3 Å². The highest BCUT2D eigenvalue weighted by atomic mass is 16.7. The second-order valence-corrected chi connectivity index (χ2v) is 9.25. The maximum atomic E-state index is 13.2. The Balaban J connectivity index is 1.80. The van der Waals surface area contributed by atoms with Crippen LogP contribution in [0.2, 0.25) is 0 Å².